The zero-order valence-corrected chi connectivity index (χ0v) is 14.7. The van der Waals surface area contributed by atoms with Crippen molar-refractivity contribution in [2.45, 2.75) is 24.7 Å². The quantitative estimate of drug-likeness (QED) is 0.777. The number of para-hydroxylation sites is 1. The van der Waals surface area contributed by atoms with Crippen LogP contribution in [0, 0.1) is 0 Å². The first-order valence-corrected chi connectivity index (χ1v) is 8.79. The zero-order chi connectivity index (χ0) is 16.4. The average molecular weight is 326 g/mol. The maximum Gasteiger partial charge on any atom is 0.186 e. The molecule has 1 aliphatic carbocycles. The predicted molar refractivity (Wildman–Crippen MR) is 97.5 cm³/mol. The van der Waals surface area contributed by atoms with Gasteiger partial charge in [-0.2, -0.15) is 0 Å². The molecule has 0 spiro atoms. The van der Waals surface area contributed by atoms with Gasteiger partial charge in [0.05, 0.1) is 10.7 Å². The Labute approximate surface area is 142 Å². The summed E-state index contributed by atoms with van der Waals surface area (Å²) in [6.07, 6.45) is 7.73. The maximum absolute atomic E-state index is 12.4. The fourth-order valence-electron chi connectivity index (χ4n) is 2.97. The molecule has 0 bridgehead atoms. The minimum Gasteiger partial charge on any atom is -0.383 e. The second-order valence-corrected chi connectivity index (χ2v) is 7.02. The number of allylic oxidation sites excluding steroid dienone is 4. The molecule has 2 aliphatic rings. The van der Waals surface area contributed by atoms with E-state index in [9.17, 15) is 4.79 Å². The van der Waals surface area contributed by atoms with Gasteiger partial charge in [0.1, 0.15) is 0 Å². The Kier molecular flexibility index (Phi) is 4.62. The average Bonchev–Trinajstić information content (AvgIpc) is 3.05. The molecule has 1 aromatic carbocycles. The van der Waals surface area contributed by atoms with E-state index < -0.39 is 0 Å². The van der Waals surface area contributed by atoms with Gasteiger partial charge in [0.2, 0.25) is 0 Å². The van der Waals surface area contributed by atoms with Crippen LogP contribution < -0.4 is 4.90 Å². The number of thioether (sulfide) groups is 1. The van der Waals surface area contributed by atoms with Gasteiger partial charge in [-0.15, -0.1) is 0 Å². The number of carbonyl (C=O) groups excluding carboxylic acids is 1. The van der Waals surface area contributed by atoms with E-state index in [1.165, 1.54) is 15.6 Å². The zero-order valence-electron chi connectivity index (χ0n) is 13.9. The summed E-state index contributed by atoms with van der Waals surface area (Å²) in [6.45, 7) is 3.08. The van der Waals surface area contributed by atoms with Gasteiger partial charge in [-0.25, -0.2) is 0 Å². The van der Waals surface area contributed by atoms with Crippen LogP contribution in [0.1, 0.15) is 19.8 Å². The summed E-state index contributed by atoms with van der Waals surface area (Å²) in [4.78, 5) is 17.9. The van der Waals surface area contributed by atoms with E-state index in [4.69, 9.17) is 0 Å². The van der Waals surface area contributed by atoms with Gasteiger partial charge in [-0.1, -0.05) is 30.0 Å². The van der Waals surface area contributed by atoms with E-state index in [1.807, 2.05) is 31.3 Å². The predicted octanol–water partition coefficient (Wildman–Crippen LogP) is 4.19. The largest absolute Gasteiger partial charge is 0.383 e. The molecule has 1 aromatic rings. The SMILES string of the molecule is CCN1/C(=C/C=C2\CC/C(=C\N(C)C)C2=O)Sc2ccccc21. The number of ketones is 1. The molecule has 1 heterocycles. The Morgan fingerprint density at radius 3 is 2.65 bits per heavy atom. The molecule has 0 radical (unpaired) electrons. The van der Waals surface area contributed by atoms with Crippen molar-refractivity contribution in [3.8, 4) is 0 Å². The number of hydrogen-bond donors (Lipinski definition) is 0. The lowest BCUT2D eigenvalue weighted by Crippen LogP contribution is -2.16. The maximum atomic E-state index is 12.4. The van der Waals surface area contributed by atoms with Gasteiger partial charge in [0.15, 0.2) is 5.78 Å². The van der Waals surface area contributed by atoms with Crippen LogP contribution in [0.2, 0.25) is 0 Å². The van der Waals surface area contributed by atoms with Crippen molar-refractivity contribution in [2.24, 2.45) is 0 Å². The third-order valence-corrected chi connectivity index (χ3v) is 5.17. The number of rotatable bonds is 3. The van der Waals surface area contributed by atoms with Crippen molar-refractivity contribution in [2.75, 3.05) is 25.5 Å². The molecular formula is C19H22N2OS. The third-order valence-electron chi connectivity index (χ3n) is 4.04. The van der Waals surface area contributed by atoms with Gasteiger partial charge in [0.25, 0.3) is 0 Å². The molecular weight excluding hydrogens is 304 g/mol. The number of Topliss-reactive ketones (excluding diaryl/α,β-unsaturated/α-hetero) is 1. The monoisotopic (exact) mass is 326 g/mol. The summed E-state index contributed by atoms with van der Waals surface area (Å²) < 4.78 is 0. The number of nitrogens with zero attached hydrogens (tertiary/aromatic N) is 2. The highest BCUT2D eigenvalue weighted by atomic mass is 32.2. The fourth-order valence-corrected chi connectivity index (χ4v) is 4.10. The molecule has 120 valence electrons. The van der Waals surface area contributed by atoms with Crippen LogP contribution in [-0.2, 0) is 4.79 Å². The molecule has 0 saturated heterocycles. The fraction of sp³-hybridized carbons (Fsp3) is 0.316. The number of carbonyl (C=O) groups is 1. The number of hydrogen-bond acceptors (Lipinski definition) is 4. The highest BCUT2D eigenvalue weighted by Crippen LogP contribution is 2.45. The van der Waals surface area contributed by atoms with E-state index >= 15 is 0 Å². The number of anilines is 1. The van der Waals surface area contributed by atoms with Crippen LogP contribution in [0.25, 0.3) is 0 Å². The Morgan fingerprint density at radius 2 is 1.91 bits per heavy atom. The first-order chi connectivity index (χ1) is 11.1. The molecule has 1 fully saturated rings. The topological polar surface area (TPSA) is 23.6 Å². The summed E-state index contributed by atoms with van der Waals surface area (Å²) >= 11 is 1.77. The summed E-state index contributed by atoms with van der Waals surface area (Å²) in [5.74, 6) is 0.194. The lowest BCUT2D eigenvalue weighted by atomic mass is 10.2. The third kappa shape index (κ3) is 3.22. The molecule has 23 heavy (non-hydrogen) atoms. The Morgan fingerprint density at radius 1 is 1.17 bits per heavy atom. The molecule has 1 aliphatic heterocycles. The second kappa shape index (κ2) is 6.67. The van der Waals surface area contributed by atoms with Gasteiger partial charge in [-0.05, 0) is 38.0 Å². The molecule has 4 heteroatoms. The van der Waals surface area contributed by atoms with Crippen molar-refractivity contribution in [1.29, 1.82) is 0 Å². The smallest absolute Gasteiger partial charge is 0.186 e. The van der Waals surface area contributed by atoms with Crippen molar-refractivity contribution in [3.05, 3.63) is 58.8 Å². The Bertz CT molecular complexity index is 716. The molecule has 0 amide bonds. The summed E-state index contributed by atoms with van der Waals surface area (Å²) in [7, 11) is 3.91. The van der Waals surface area contributed by atoms with Crippen LogP contribution in [0.3, 0.4) is 0 Å². The van der Waals surface area contributed by atoms with E-state index in [2.05, 4.69) is 42.2 Å². The highest BCUT2D eigenvalue weighted by Gasteiger charge is 2.25. The lowest BCUT2D eigenvalue weighted by molar-refractivity contribution is -0.111. The number of fused-ring (bicyclic) bond motifs is 1. The Hall–Kier alpha value is -1.94. The summed E-state index contributed by atoms with van der Waals surface area (Å²) in [5.41, 5.74) is 3.09. The first-order valence-electron chi connectivity index (χ1n) is 7.97. The molecule has 0 aromatic heterocycles. The number of benzene rings is 1. The standard InChI is InChI=1S/C19H22N2OS/c1-4-21-16-7-5-6-8-17(16)23-18(21)12-11-14-9-10-15(19(14)22)13-20(2)3/h5-8,11-13H,4,9-10H2,1-3H3/b14-11+,15-13+,18-12-. The minimum absolute atomic E-state index is 0.194. The molecule has 0 atom stereocenters. The van der Waals surface area contributed by atoms with E-state index in [0.29, 0.717) is 0 Å². The normalized spacial score (nSPS) is 22.5. The van der Waals surface area contributed by atoms with E-state index in [1.54, 1.807) is 11.8 Å². The summed E-state index contributed by atoms with van der Waals surface area (Å²) in [6, 6.07) is 8.44. The van der Waals surface area contributed by atoms with Crippen LogP contribution in [-0.4, -0.2) is 31.3 Å². The van der Waals surface area contributed by atoms with Crippen molar-refractivity contribution in [3.63, 3.8) is 0 Å². The second-order valence-electron chi connectivity index (χ2n) is 5.96. The molecule has 3 rings (SSSR count). The van der Waals surface area contributed by atoms with Crippen LogP contribution >= 0.6 is 11.8 Å². The van der Waals surface area contributed by atoms with Gasteiger partial charge < -0.3 is 9.80 Å². The van der Waals surface area contributed by atoms with Crippen LogP contribution in [0.5, 0.6) is 0 Å². The molecule has 0 unspecified atom stereocenters. The van der Waals surface area contributed by atoms with Gasteiger partial charge in [-0.3, -0.25) is 4.79 Å². The minimum atomic E-state index is 0.194. The van der Waals surface area contributed by atoms with Crippen molar-refractivity contribution >= 4 is 23.2 Å². The van der Waals surface area contributed by atoms with Gasteiger partial charge in [0, 0.05) is 42.9 Å². The highest BCUT2D eigenvalue weighted by molar-refractivity contribution is 8.03. The van der Waals surface area contributed by atoms with Gasteiger partial charge >= 0.3 is 0 Å². The first kappa shape index (κ1) is 15.9. The molecule has 0 N–H and O–H groups in total. The van der Waals surface area contributed by atoms with E-state index in [-0.39, 0.29) is 5.78 Å². The molecule has 1 saturated carbocycles. The van der Waals surface area contributed by atoms with Crippen LogP contribution in [0.15, 0.2) is 63.7 Å². The lowest BCUT2D eigenvalue weighted by Gasteiger charge is -2.17. The van der Waals surface area contributed by atoms with Crippen molar-refractivity contribution < 1.29 is 4.79 Å². The van der Waals surface area contributed by atoms with Crippen LogP contribution in [0.4, 0.5) is 5.69 Å². The van der Waals surface area contributed by atoms with Crippen molar-refractivity contribution in [1.82, 2.24) is 4.90 Å². The molecule has 3 nitrogen and oxygen atoms in total. The Balaban J connectivity index is 1.83. The van der Waals surface area contributed by atoms with E-state index in [0.717, 1.165) is 30.5 Å². The summed E-state index contributed by atoms with van der Waals surface area (Å²) in [5, 5.41) is 1.19.